The minimum atomic E-state index is -0.534. The van der Waals surface area contributed by atoms with Gasteiger partial charge in [0.1, 0.15) is 28.4 Å². The number of fused-ring (bicyclic) bond motifs is 3. The minimum Gasteiger partial charge on any atom is -0.508 e. The zero-order valence-corrected chi connectivity index (χ0v) is 37.1. The second-order valence-corrected chi connectivity index (χ2v) is 17.8. The van der Waals surface area contributed by atoms with Crippen LogP contribution in [0.15, 0.2) is 70.5 Å². The van der Waals surface area contributed by atoms with E-state index in [0.717, 1.165) is 78.1 Å². The SMILES string of the molecule is Cc1sc2c(c1C)C(c1ccc(Cl)cc1)=N[C@@H](CC(=O)NCCOCCN1CCN(Cc3ccc(-n4c(-c5cc(C(C)C)c(O)cc5O)n[nH]c4=O)cc3)CC1)c1nnc(C)n1-2. The molecule has 1 fully saturated rings. The van der Waals surface area contributed by atoms with Crippen LogP contribution in [0.4, 0.5) is 0 Å². The maximum atomic E-state index is 13.3. The van der Waals surface area contributed by atoms with E-state index in [1.807, 2.05) is 73.9 Å². The molecule has 3 aromatic carbocycles. The van der Waals surface area contributed by atoms with E-state index in [9.17, 15) is 19.8 Å². The molecule has 2 aliphatic heterocycles. The Hall–Kier alpha value is -5.65. The Morgan fingerprint density at radius 2 is 1.68 bits per heavy atom. The highest BCUT2D eigenvalue weighted by Gasteiger charge is 2.32. The first-order valence-electron chi connectivity index (χ1n) is 20.8. The highest BCUT2D eigenvalue weighted by molar-refractivity contribution is 7.15. The number of rotatable bonds is 14. The number of benzene rings is 3. The minimum absolute atomic E-state index is 0.00318. The number of hydrogen-bond acceptors (Lipinski definition) is 12. The zero-order chi connectivity index (χ0) is 43.7. The molecule has 4 N–H and O–H groups in total. The number of aryl methyl sites for hydroxylation is 2. The molecule has 0 saturated carbocycles. The van der Waals surface area contributed by atoms with Crippen molar-refractivity contribution in [3.8, 4) is 33.6 Å². The van der Waals surface area contributed by atoms with E-state index in [0.29, 0.717) is 47.4 Å². The average Bonchev–Trinajstić information content (AvgIpc) is 3.89. The van der Waals surface area contributed by atoms with Crippen LogP contribution in [0, 0.1) is 20.8 Å². The lowest BCUT2D eigenvalue weighted by Crippen LogP contribution is -2.46. The lowest BCUT2D eigenvalue weighted by Gasteiger charge is -2.34. The number of hydrogen-bond donors (Lipinski definition) is 4. The van der Waals surface area contributed by atoms with Crippen molar-refractivity contribution in [3.63, 3.8) is 0 Å². The van der Waals surface area contributed by atoms with Gasteiger partial charge in [-0.2, -0.15) is 5.10 Å². The van der Waals surface area contributed by atoms with Crippen LogP contribution < -0.4 is 11.0 Å². The number of carbonyl (C=O) groups excluding carboxylic acids is 1. The first kappa shape index (κ1) is 43.0. The quantitative estimate of drug-likeness (QED) is 0.0920. The van der Waals surface area contributed by atoms with Crippen molar-refractivity contribution in [1.82, 2.24) is 44.6 Å². The Morgan fingerprint density at radius 3 is 2.40 bits per heavy atom. The van der Waals surface area contributed by atoms with Crippen LogP contribution in [0.2, 0.25) is 5.02 Å². The van der Waals surface area contributed by atoms with Crippen LogP contribution in [-0.4, -0.2) is 114 Å². The van der Waals surface area contributed by atoms with Crippen LogP contribution in [0.1, 0.15) is 76.6 Å². The fourth-order valence-electron chi connectivity index (χ4n) is 8.07. The van der Waals surface area contributed by atoms with E-state index in [1.165, 1.54) is 15.5 Å². The zero-order valence-electron chi connectivity index (χ0n) is 35.5. The Kier molecular flexibility index (Phi) is 12.7. The third-order valence-electron chi connectivity index (χ3n) is 11.6. The molecule has 0 unspecified atom stereocenters. The molecule has 62 heavy (non-hydrogen) atoms. The second kappa shape index (κ2) is 18.4. The monoisotopic (exact) mass is 878 g/mol. The summed E-state index contributed by atoms with van der Waals surface area (Å²) in [6, 6.07) is 17.8. The predicted octanol–water partition coefficient (Wildman–Crippen LogP) is 6.22. The highest BCUT2D eigenvalue weighted by atomic mass is 35.5. The third kappa shape index (κ3) is 8.97. The summed E-state index contributed by atoms with van der Waals surface area (Å²) in [7, 11) is 0. The number of amides is 1. The maximum absolute atomic E-state index is 13.3. The molecule has 2 aliphatic rings. The number of phenols is 2. The number of ether oxygens (including phenoxy) is 1. The number of carbonyl (C=O) groups is 1. The Balaban J connectivity index is 0.793. The number of nitrogens with one attached hydrogen (secondary N) is 2. The van der Waals surface area contributed by atoms with Gasteiger partial charge in [0.2, 0.25) is 5.91 Å². The molecular formula is C45H51ClN10O5S. The largest absolute Gasteiger partial charge is 0.508 e. The number of aromatic amines is 1. The van der Waals surface area contributed by atoms with Crippen molar-refractivity contribution in [2.45, 2.75) is 59.5 Å². The lowest BCUT2D eigenvalue weighted by molar-refractivity contribution is -0.121. The first-order valence-corrected chi connectivity index (χ1v) is 22.0. The van der Waals surface area contributed by atoms with Crippen LogP contribution in [0.5, 0.6) is 11.5 Å². The number of aromatic nitrogens is 6. The topological polar surface area (TPSA) is 179 Å². The Labute approximate surface area is 368 Å². The van der Waals surface area contributed by atoms with Gasteiger partial charge in [-0.25, -0.2) is 14.5 Å². The molecule has 8 rings (SSSR count). The van der Waals surface area contributed by atoms with Crippen molar-refractivity contribution < 1.29 is 19.7 Å². The summed E-state index contributed by atoms with van der Waals surface area (Å²) in [5.41, 5.74) is 6.23. The summed E-state index contributed by atoms with van der Waals surface area (Å²) in [5.74, 6) is 1.36. The van der Waals surface area contributed by atoms with Gasteiger partial charge in [0.05, 0.1) is 36.6 Å². The van der Waals surface area contributed by atoms with Gasteiger partial charge in [-0.3, -0.25) is 24.2 Å². The number of halogens is 1. The number of aromatic hydroxyl groups is 2. The van der Waals surface area contributed by atoms with Crippen molar-refractivity contribution in [1.29, 1.82) is 0 Å². The fraction of sp³-hybridized carbons (Fsp3) is 0.378. The van der Waals surface area contributed by atoms with Gasteiger partial charge in [-0.15, -0.1) is 21.5 Å². The summed E-state index contributed by atoms with van der Waals surface area (Å²) in [5, 5.41) is 41.2. The van der Waals surface area contributed by atoms with Gasteiger partial charge in [-0.05, 0) is 73.7 Å². The molecule has 0 bridgehead atoms. The molecular weight excluding hydrogens is 828 g/mol. The van der Waals surface area contributed by atoms with Crippen molar-refractivity contribution >= 4 is 34.6 Å². The van der Waals surface area contributed by atoms with Crippen molar-refractivity contribution in [3.05, 3.63) is 121 Å². The van der Waals surface area contributed by atoms with Crippen LogP contribution in [-0.2, 0) is 16.1 Å². The Morgan fingerprint density at radius 1 is 0.952 bits per heavy atom. The lowest BCUT2D eigenvalue weighted by atomic mass is 9.98. The van der Waals surface area contributed by atoms with Crippen LogP contribution in [0.25, 0.3) is 22.1 Å². The highest BCUT2D eigenvalue weighted by Crippen LogP contribution is 2.40. The number of H-pyrrole nitrogens is 1. The van der Waals surface area contributed by atoms with E-state index in [2.05, 4.69) is 49.4 Å². The van der Waals surface area contributed by atoms with E-state index in [4.69, 9.17) is 21.3 Å². The van der Waals surface area contributed by atoms with Gasteiger partial charge in [0, 0.05) is 72.9 Å². The summed E-state index contributed by atoms with van der Waals surface area (Å²) >= 11 is 7.92. The standard InChI is InChI=1S/C45H51ClN10O5S/c1-26(2)34-22-35(38(58)24-37(34)57)42-50-52-45(60)56(42)33-12-6-30(7-13-33)25-54-17-15-53(16-18-54)19-21-61-20-14-47-39(59)23-36-43-51-49-29(5)55(43)44-40(27(3)28(4)62-44)41(48-36)31-8-10-32(46)11-9-31/h6-13,22,24,26,36,57-58H,14-21,23,25H2,1-5H3,(H,47,59)(H,52,60)/t36-/m0/s1. The Bertz CT molecular complexity index is 2660. The number of nitrogens with zero attached hydrogens (tertiary/aromatic N) is 8. The summed E-state index contributed by atoms with van der Waals surface area (Å²) < 4.78 is 9.42. The van der Waals surface area contributed by atoms with Crippen LogP contribution in [0.3, 0.4) is 0 Å². The van der Waals surface area contributed by atoms with Gasteiger partial charge in [0.15, 0.2) is 11.6 Å². The molecule has 1 atom stereocenters. The van der Waals surface area contributed by atoms with E-state index < -0.39 is 11.7 Å². The molecule has 0 spiro atoms. The number of phenolic OH excluding ortho intramolecular Hbond substituents is 2. The van der Waals surface area contributed by atoms with Gasteiger partial charge in [0.25, 0.3) is 0 Å². The molecule has 0 radical (unpaired) electrons. The van der Waals surface area contributed by atoms with Gasteiger partial charge in [-0.1, -0.05) is 49.7 Å². The molecule has 15 nitrogen and oxygen atoms in total. The average molecular weight is 879 g/mol. The number of aliphatic imine (C=N–C) groups is 1. The molecule has 3 aromatic heterocycles. The molecule has 6 aromatic rings. The number of thiophene rings is 1. The molecule has 324 valence electrons. The summed E-state index contributed by atoms with van der Waals surface area (Å²) in [6.07, 6.45) is 0.119. The molecule has 5 heterocycles. The fourth-order valence-corrected chi connectivity index (χ4v) is 9.41. The van der Waals surface area contributed by atoms with E-state index in [1.54, 1.807) is 17.4 Å². The summed E-state index contributed by atoms with van der Waals surface area (Å²) in [4.78, 5) is 37.4. The first-order chi connectivity index (χ1) is 29.9. The number of piperazine rings is 1. The van der Waals surface area contributed by atoms with Gasteiger partial charge < -0.3 is 20.3 Å². The molecule has 1 saturated heterocycles. The molecule has 0 aliphatic carbocycles. The summed E-state index contributed by atoms with van der Waals surface area (Å²) in [6.45, 7) is 16.6. The molecule has 1 amide bonds. The van der Waals surface area contributed by atoms with Crippen molar-refractivity contribution in [2.24, 2.45) is 4.99 Å². The van der Waals surface area contributed by atoms with Crippen molar-refractivity contribution in [2.75, 3.05) is 52.5 Å². The van der Waals surface area contributed by atoms with Crippen LogP contribution >= 0.6 is 22.9 Å². The van der Waals surface area contributed by atoms with E-state index in [-0.39, 0.29) is 35.6 Å². The normalized spacial score (nSPS) is 15.7. The van der Waals surface area contributed by atoms with E-state index >= 15 is 0 Å². The third-order valence-corrected chi connectivity index (χ3v) is 13.0. The molecule has 17 heteroatoms. The smallest absolute Gasteiger partial charge is 0.348 e. The van der Waals surface area contributed by atoms with Gasteiger partial charge >= 0.3 is 5.69 Å². The predicted molar refractivity (Wildman–Crippen MR) is 240 cm³/mol. The maximum Gasteiger partial charge on any atom is 0.348 e. The second-order valence-electron chi connectivity index (χ2n) is 16.1.